The van der Waals surface area contributed by atoms with Gasteiger partial charge in [0.2, 0.25) is 0 Å². The summed E-state index contributed by atoms with van der Waals surface area (Å²) in [6, 6.07) is 6.38. The van der Waals surface area contributed by atoms with Gasteiger partial charge in [0, 0.05) is 19.6 Å². The molecule has 1 fully saturated rings. The molecule has 0 saturated carbocycles. The van der Waals surface area contributed by atoms with Crippen LogP contribution in [0.1, 0.15) is 32.3 Å². The average Bonchev–Trinajstić information content (AvgIpc) is 2.60. The smallest absolute Gasteiger partial charge is 0.309 e. The van der Waals surface area contributed by atoms with E-state index < -0.39 is 0 Å². The number of esters is 1. The van der Waals surface area contributed by atoms with Crippen LogP contribution in [0.25, 0.3) is 0 Å². The van der Waals surface area contributed by atoms with Gasteiger partial charge >= 0.3 is 5.97 Å². The van der Waals surface area contributed by atoms with Crippen molar-refractivity contribution in [2.75, 3.05) is 26.2 Å². The van der Waals surface area contributed by atoms with Crippen LogP contribution in [0.5, 0.6) is 0 Å². The Labute approximate surface area is 166 Å². The molecule has 0 unspecified atom stereocenters. The lowest BCUT2D eigenvalue weighted by molar-refractivity contribution is -0.149. The molecule has 1 aliphatic heterocycles. The van der Waals surface area contributed by atoms with Gasteiger partial charge in [-0.2, -0.15) is 0 Å². The van der Waals surface area contributed by atoms with Crippen LogP contribution in [0.3, 0.4) is 0 Å². The molecule has 1 aliphatic rings. The van der Waals surface area contributed by atoms with E-state index in [0.717, 1.165) is 44.0 Å². The minimum absolute atomic E-state index is 0. The highest BCUT2D eigenvalue weighted by atomic mass is 127. The molecule has 1 aromatic rings. The zero-order chi connectivity index (χ0) is 17.4. The van der Waals surface area contributed by atoms with Crippen LogP contribution in [0, 0.1) is 11.7 Å². The molecule has 25 heavy (non-hydrogen) atoms. The largest absolute Gasteiger partial charge is 0.466 e. The zero-order valence-corrected chi connectivity index (χ0v) is 17.2. The summed E-state index contributed by atoms with van der Waals surface area (Å²) in [5, 5.41) is 3.29. The van der Waals surface area contributed by atoms with E-state index in [1.807, 2.05) is 13.8 Å². The van der Waals surface area contributed by atoms with Gasteiger partial charge in [0.15, 0.2) is 5.96 Å². The summed E-state index contributed by atoms with van der Waals surface area (Å²) in [6.07, 6.45) is 1.56. The van der Waals surface area contributed by atoms with Crippen LogP contribution < -0.4 is 5.32 Å². The Morgan fingerprint density at radius 2 is 1.92 bits per heavy atom. The topological polar surface area (TPSA) is 53.9 Å². The molecule has 1 saturated heterocycles. The summed E-state index contributed by atoms with van der Waals surface area (Å²) in [6.45, 7) is 7.12. The fourth-order valence-corrected chi connectivity index (χ4v) is 2.77. The number of hydrogen-bond donors (Lipinski definition) is 1. The maximum absolute atomic E-state index is 13.0. The van der Waals surface area contributed by atoms with Crippen LogP contribution in [0.15, 0.2) is 29.3 Å². The Morgan fingerprint density at radius 1 is 1.28 bits per heavy atom. The van der Waals surface area contributed by atoms with Crippen molar-refractivity contribution in [3.05, 3.63) is 35.6 Å². The first-order valence-corrected chi connectivity index (χ1v) is 8.58. The van der Waals surface area contributed by atoms with Crippen LogP contribution in [-0.4, -0.2) is 43.1 Å². The Bertz CT molecular complexity index is 558. The average molecular weight is 463 g/mol. The maximum Gasteiger partial charge on any atom is 0.309 e. The number of ether oxygens (including phenoxy) is 1. The van der Waals surface area contributed by atoms with Crippen molar-refractivity contribution in [3.8, 4) is 0 Å². The highest BCUT2D eigenvalue weighted by Gasteiger charge is 2.27. The van der Waals surface area contributed by atoms with Crippen molar-refractivity contribution in [2.45, 2.75) is 33.2 Å². The number of guanidine groups is 1. The third kappa shape index (κ3) is 6.80. The number of aliphatic imine (C=N–C) groups is 1. The van der Waals surface area contributed by atoms with Crippen LogP contribution in [-0.2, 0) is 16.1 Å². The fraction of sp³-hybridized carbons (Fsp3) is 0.556. The molecule has 1 N–H and O–H groups in total. The number of rotatable bonds is 5. The number of carbonyl (C=O) groups excluding carboxylic acids is 1. The number of halogens is 2. The van der Waals surface area contributed by atoms with Gasteiger partial charge in [-0.3, -0.25) is 4.79 Å². The predicted molar refractivity (Wildman–Crippen MR) is 108 cm³/mol. The Kier molecular flexibility index (Phi) is 9.77. The monoisotopic (exact) mass is 463 g/mol. The summed E-state index contributed by atoms with van der Waals surface area (Å²) in [5.41, 5.74) is 0.966. The van der Waals surface area contributed by atoms with Gasteiger partial charge in [-0.15, -0.1) is 24.0 Å². The number of likely N-dealkylation sites (tertiary alicyclic amines) is 1. The molecule has 0 aromatic heterocycles. The lowest BCUT2D eigenvalue weighted by atomic mass is 9.97. The van der Waals surface area contributed by atoms with E-state index in [0.29, 0.717) is 13.2 Å². The highest BCUT2D eigenvalue weighted by Crippen LogP contribution is 2.19. The van der Waals surface area contributed by atoms with E-state index in [-0.39, 0.29) is 41.7 Å². The Balaban J connectivity index is 0.00000312. The summed E-state index contributed by atoms with van der Waals surface area (Å²) in [5.74, 6) is 0.492. The van der Waals surface area contributed by atoms with Gasteiger partial charge in [0.1, 0.15) is 5.82 Å². The minimum Gasteiger partial charge on any atom is -0.466 e. The molecule has 2 rings (SSSR count). The van der Waals surface area contributed by atoms with Gasteiger partial charge in [-0.05, 0) is 44.4 Å². The van der Waals surface area contributed by atoms with E-state index in [1.54, 1.807) is 12.1 Å². The number of piperidine rings is 1. The predicted octanol–water partition coefficient (Wildman–Crippen LogP) is 3.18. The van der Waals surface area contributed by atoms with Gasteiger partial charge in [0.05, 0.1) is 19.1 Å². The molecule has 0 bridgehead atoms. The zero-order valence-electron chi connectivity index (χ0n) is 14.8. The van der Waals surface area contributed by atoms with Crippen LogP contribution in [0.2, 0.25) is 0 Å². The summed E-state index contributed by atoms with van der Waals surface area (Å²) >= 11 is 0. The Hall–Kier alpha value is -1.38. The molecule has 0 amide bonds. The molecule has 0 atom stereocenters. The molecule has 1 aromatic carbocycles. The quantitative estimate of drug-likeness (QED) is 0.316. The molecular formula is C18H27FIN3O2. The number of hydrogen-bond acceptors (Lipinski definition) is 3. The molecule has 0 spiro atoms. The van der Waals surface area contributed by atoms with Crippen LogP contribution >= 0.6 is 24.0 Å². The van der Waals surface area contributed by atoms with Crippen LogP contribution in [0.4, 0.5) is 4.39 Å². The first-order valence-electron chi connectivity index (χ1n) is 8.58. The molecule has 1 heterocycles. The van der Waals surface area contributed by atoms with Crippen molar-refractivity contribution >= 4 is 35.9 Å². The second kappa shape index (κ2) is 11.3. The second-order valence-corrected chi connectivity index (χ2v) is 5.81. The van der Waals surface area contributed by atoms with Crippen molar-refractivity contribution in [3.63, 3.8) is 0 Å². The third-order valence-corrected chi connectivity index (χ3v) is 4.07. The molecule has 140 valence electrons. The van der Waals surface area contributed by atoms with Crippen molar-refractivity contribution in [1.82, 2.24) is 10.2 Å². The van der Waals surface area contributed by atoms with E-state index >= 15 is 0 Å². The molecule has 0 aliphatic carbocycles. The molecule has 7 heteroatoms. The van der Waals surface area contributed by atoms with Crippen molar-refractivity contribution < 1.29 is 13.9 Å². The van der Waals surface area contributed by atoms with Crippen molar-refractivity contribution in [2.24, 2.45) is 10.9 Å². The maximum atomic E-state index is 13.0. The van der Waals surface area contributed by atoms with E-state index in [1.165, 1.54) is 12.1 Å². The molecule has 5 nitrogen and oxygen atoms in total. The van der Waals surface area contributed by atoms with E-state index in [4.69, 9.17) is 4.74 Å². The summed E-state index contributed by atoms with van der Waals surface area (Å²) < 4.78 is 18.1. The third-order valence-electron chi connectivity index (χ3n) is 4.07. The lowest BCUT2D eigenvalue weighted by Gasteiger charge is -2.33. The molecule has 0 radical (unpaired) electrons. The van der Waals surface area contributed by atoms with Gasteiger partial charge in [0.25, 0.3) is 0 Å². The van der Waals surface area contributed by atoms with Gasteiger partial charge in [-0.25, -0.2) is 9.38 Å². The first kappa shape index (κ1) is 21.7. The first-order chi connectivity index (χ1) is 11.6. The Morgan fingerprint density at radius 3 is 2.48 bits per heavy atom. The molecular weight excluding hydrogens is 436 g/mol. The highest BCUT2D eigenvalue weighted by molar-refractivity contribution is 14.0. The minimum atomic E-state index is -0.240. The normalized spacial score (nSPS) is 15.5. The fourth-order valence-electron chi connectivity index (χ4n) is 2.77. The second-order valence-electron chi connectivity index (χ2n) is 5.81. The summed E-state index contributed by atoms with van der Waals surface area (Å²) in [4.78, 5) is 18.6. The standard InChI is InChI=1S/C18H26FN3O2.HI/c1-3-20-18(21-13-14-5-7-16(19)8-6-14)22-11-9-15(10-12-22)17(23)24-4-2;/h5-8,15H,3-4,9-13H2,1-2H3,(H,20,21);1H. The number of carbonyl (C=O) groups is 1. The summed E-state index contributed by atoms with van der Waals surface area (Å²) in [7, 11) is 0. The number of nitrogens with zero attached hydrogens (tertiary/aromatic N) is 2. The SMILES string of the molecule is CCNC(=NCc1ccc(F)cc1)N1CCC(C(=O)OCC)CC1.I. The van der Waals surface area contributed by atoms with E-state index in [9.17, 15) is 9.18 Å². The number of benzene rings is 1. The number of nitrogens with one attached hydrogen (secondary N) is 1. The lowest BCUT2D eigenvalue weighted by Crippen LogP contribution is -2.46. The van der Waals surface area contributed by atoms with Gasteiger partial charge in [-0.1, -0.05) is 12.1 Å². The van der Waals surface area contributed by atoms with Crippen molar-refractivity contribution in [1.29, 1.82) is 0 Å². The van der Waals surface area contributed by atoms with Gasteiger partial charge < -0.3 is 15.0 Å². The van der Waals surface area contributed by atoms with E-state index in [2.05, 4.69) is 15.2 Å².